The summed E-state index contributed by atoms with van der Waals surface area (Å²) in [7, 11) is 1.62. The van der Waals surface area contributed by atoms with Gasteiger partial charge < -0.3 is 4.74 Å². The first-order valence-electron chi connectivity index (χ1n) is 6.54. The van der Waals surface area contributed by atoms with E-state index in [1.165, 1.54) is 0 Å². The molecule has 0 fully saturated rings. The number of para-hydroxylation sites is 1. The minimum Gasteiger partial charge on any atom is -0.496 e. The largest absolute Gasteiger partial charge is 0.496 e. The Hall–Kier alpha value is -2.35. The molecule has 2 aromatic rings. The summed E-state index contributed by atoms with van der Waals surface area (Å²) in [5.41, 5.74) is 3.81. The quantitative estimate of drug-likeness (QED) is 0.612. The van der Waals surface area contributed by atoms with Gasteiger partial charge in [-0.1, -0.05) is 35.4 Å². The third kappa shape index (κ3) is 3.35. The molecule has 0 heterocycles. The molecular weight excluding hydrogens is 248 g/mol. The molecule has 2 nitrogen and oxygen atoms in total. The highest BCUT2D eigenvalue weighted by Gasteiger charge is 2.04. The van der Waals surface area contributed by atoms with Crippen molar-refractivity contribution in [3.63, 3.8) is 0 Å². The van der Waals surface area contributed by atoms with Crippen molar-refractivity contribution in [1.82, 2.24) is 0 Å². The minimum absolute atomic E-state index is 0.00251. The van der Waals surface area contributed by atoms with Gasteiger partial charge in [0.05, 0.1) is 7.11 Å². The lowest BCUT2D eigenvalue weighted by Gasteiger charge is -2.04. The van der Waals surface area contributed by atoms with E-state index >= 15 is 0 Å². The molecule has 0 unspecified atom stereocenters. The van der Waals surface area contributed by atoms with E-state index in [-0.39, 0.29) is 5.78 Å². The number of methoxy groups -OCH3 is 1. The second-order valence-electron chi connectivity index (χ2n) is 4.82. The van der Waals surface area contributed by atoms with Crippen LogP contribution in [0.3, 0.4) is 0 Å². The summed E-state index contributed by atoms with van der Waals surface area (Å²) in [6, 6.07) is 13.5. The van der Waals surface area contributed by atoms with Gasteiger partial charge in [0, 0.05) is 11.1 Å². The third-order valence-electron chi connectivity index (χ3n) is 3.06. The van der Waals surface area contributed by atoms with Crippen molar-refractivity contribution in [2.45, 2.75) is 13.8 Å². The maximum atomic E-state index is 12.2. The van der Waals surface area contributed by atoms with Crippen molar-refractivity contribution in [1.29, 1.82) is 0 Å². The fraction of sp³-hybridized carbons (Fsp3) is 0.167. The first kappa shape index (κ1) is 14.1. The molecule has 2 heteroatoms. The highest BCUT2D eigenvalue weighted by molar-refractivity contribution is 6.07. The van der Waals surface area contributed by atoms with Crippen molar-refractivity contribution in [3.8, 4) is 5.75 Å². The van der Waals surface area contributed by atoms with Crippen LogP contribution in [0.4, 0.5) is 0 Å². The maximum absolute atomic E-state index is 12.2. The van der Waals surface area contributed by atoms with Crippen LogP contribution in [-0.4, -0.2) is 12.9 Å². The number of allylic oxidation sites excluding steroid dienone is 1. The van der Waals surface area contributed by atoms with E-state index in [1.807, 2.05) is 50.2 Å². The van der Waals surface area contributed by atoms with Crippen LogP contribution in [-0.2, 0) is 0 Å². The number of ether oxygens (including phenoxy) is 1. The number of aryl methyl sites for hydroxylation is 2. The van der Waals surface area contributed by atoms with E-state index in [0.29, 0.717) is 5.56 Å². The lowest BCUT2D eigenvalue weighted by Crippen LogP contribution is -1.96. The molecular formula is C18H18O2. The Labute approximate surface area is 119 Å². The smallest absolute Gasteiger partial charge is 0.185 e. The second-order valence-corrected chi connectivity index (χ2v) is 4.82. The molecule has 0 radical (unpaired) electrons. The summed E-state index contributed by atoms with van der Waals surface area (Å²) >= 11 is 0. The Morgan fingerprint density at radius 3 is 2.35 bits per heavy atom. The molecule has 0 spiro atoms. The van der Waals surface area contributed by atoms with Gasteiger partial charge >= 0.3 is 0 Å². The number of rotatable bonds is 4. The minimum atomic E-state index is 0.00251. The SMILES string of the molecule is COc1ccccc1C=CC(=O)c1cc(C)cc(C)c1. The van der Waals surface area contributed by atoms with Gasteiger partial charge in [0.25, 0.3) is 0 Å². The lowest BCUT2D eigenvalue weighted by molar-refractivity contribution is 0.104. The zero-order valence-corrected chi connectivity index (χ0v) is 12.0. The molecule has 102 valence electrons. The van der Waals surface area contributed by atoms with Crippen LogP contribution in [0.15, 0.2) is 48.5 Å². The summed E-state index contributed by atoms with van der Waals surface area (Å²) in [4.78, 5) is 12.2. The maximum Gasteiger partial charge on any atom is 0.185 e. The molecule has 0 bridgehead atoms. The number of carbonyl (C=O) groups excluding carboxylic acids is 1. The summed E-state index contributed by atoms with van der Waals surface area (Å²) in [5.74, 6) is 0.764. The summed E-state index contributed by atoms with van der Waals surface area (Å²) in [6.45, 7) is 3.99. The van der Waals surface area contributed by atoms with Gasteiger partial charge in [0.2, 0.25) is 0 Å². The molecule has 0 aliphatic rings. The van der Waals surface area contributed by atoms with Crippen LogP contribution in [0.5, 0.6) is 5.75 Å². The van der Waals surface area contributed by atoms with Crippen molar-refractivity contribution < 1.29 is 9.53 Å². The molecule has 0 amide bonds. The topological polar surface area (TPSA) is 26.3 Å². The zero-order valence-electron chi connectivity index (χ0n) is 12.0. The van der Waals surface area contributed by atoms with Crippen LogP contribution in [0.1, 0.15) is 27.0 Å². The lowest BCUT2D eigenvalue weighted by atomic mass is 10.0. The predicted molar refractivity (Wildman–Crippen MR) is 82.3 cm³/mol. The first-order valence-corrected chi connectivity index (χ1v) is 6.54. The number of hydrogen-bond donors (Lipinski definition) is 0. The fourth-order valence-corrected chi connectivity index (χ4v) is 2.18. The normalized spacial score (nSPS) is 10.8. The van der Waals surface area contributed by atoms with E-state index in [1.54, 1.807) is 19.3 Å². The van der Waals surface area contributed by atoms with Crippen molar-refractivity contribution in [2.24, 2.45) is 0 Å². The van der Waals surface area contributed by atoms with Gasteiger partial charge in [0.15, 0.2) is 5.78 Å². The molecule has 2 rings (SSSR count). The van der Waals surface area contributed by atoms with Gasteiger partial charge in [-0.3, -0.25) is 4.79 Å². The standard InChI is InChI=1S/C18H18O2/c1-13-10-14(2)12-16(11-13)17(19)9-8-15-6-4-5-7-18(15)20-3/h4-12H,1-3H3. The molecule has 2 aromatic carbocycles. The van der Waals surface area contributed by atoms with Gasteiger partial charge in [-0.2, -0.15) is 0 Å². The zero-order chi connectivity index (χ0) is 14.5. The number of ketones is 1. The van der Waals surface area contributed by atoms with E-state index in [9.17, 15) is 4.79 Å². The molecule has 0 saturated carbocycles. The predicted octanol–water partition coefficient (Wildman–Crippen LogP) is 4.21. The Morgan fingerprint density at radius 2 is 1.70 bits per heavy atom. The van der Waals surface area contributed by atoms with Crippen LogP contribution >= 0.6 is 0 Å². The average molecular weight is 266 g/mol. The molecule has 0 atom stereocenters. The molecule has 0 N–H and O–H groups in total. The van der Waals surface area contributed by atoms with E-state index in [0.717, 1.165) is 22.4 Å². The van der Waals surface area contributed by atoms with Crippen LogP contribution in [0, 0.1) is 13.8 Å². The van der Waals surface area contributed by atoms with Crippen LogP contribution < -0.4 is 4.74 Å². The summed E-state index contributed by atoms with van der Waals surface area (Å²) < 4.78 is 5.26. The molecule has 0 saturated heterocycles. The summed E-state index contributed by atoms with van der Waals surface area (Å²) in [5, 5.41) is 0. The van der Waals surface area contributed by atoms with E-state index in [4.69, 9.17) is 4.74 Å². The molecule has 0 aromatic heterocycles. The van der Waals surface area contributed by atoms with Crippen LogP contribution in [0.25, 0.3) is 6.08 Å². The Bertz CT molecular complexity index is 634. The first-order chi connectivity index (χ1) is 9.60. The molecule has 0 aliphatic carbocycles. The monoisotopic (exact) mass is 266 g/mol. The molecule has 20 heavy (non-hydrogen) atoms. The molecule has 0 aliphatic heterocycles. The second kappa shape index (κ2) is 6.20. The van der Waals surface area contributed by atoms with Gasteiger partial charge in [0.1, 0.15) is 5.75 Å². The number of benzene rings is 2. The van der Waals surface area contributed by atoms with E-state index < -0.39 is 0 Å². The highest BCUT2D eigenvalue weighted by Crippen LogP contribution is 2.19. The highest BCUT2D eigenvalue weighted by atomic mass is 16.5. The van der Waals surface area contributed by atoms with Gasteiger partial charge in [-0.15, -0.1) is 0 Å². The number of carbonyl (C=O) groups is 1. The van der Waals surface area contributed by atoms with Crippen molar-refractivity contribution in [2.75, 3.05) is 7.11 Å². The Balaban J connectivity index is 2.24. The van der Waals surface area contributed by atoms with E-state index in [2.05, 4.69) is 6.07 Å². The van der Waals surface area contributed by atoms with Crippen molar-refractivity contribution >= 4 is 11.9 Å². The van der Waals surface area contributed by atoms with Crippen LogP contribution in [0.2, 0.25) is 0 Å². The average Bonchev–Trinajstić information content (AvgIpc) is 2.44. The Kier molecular flexibility index (Phi) is 4.36. The summed E-state index contributed by atoms with van der Waals surface area (Å²) in [6.07, 6.45) is 3.38. The van der Waals surface area contributed by atoms with Gasteiger partial charge in [-0.25, -0.2) is 0 Å². The third-order valence-corrected chi connectivity index (χ3v) is 3.06. The van der Waals surface area contributed by atoms with Crippen molar-refractivity contribution in [3.05, 3.63) is 70.8 Å². The number of hydrogen-bond acceptors (Lipinski definition) is 2. The fourth-order valence-electron chi connectivity index (χ4n) is 2.18. The van der Waals surface area contributed by atoms with Gasteiger partial charge in [-0.05, 0) is 44.2 Å². The Morgan fingerprint density at radius 1 is 1.05 bits per heavy atom.